The number of benzene rings is 1. The summed E-state index contributed by atoms with van der Waals surface area (Å²) in [5.41, 5.74) is 5.23. The molecule has 82 valence electrons. The summed E-state index contributed by atoms with van der Waals surface area (Å²) < 4.78 is 27.5. The highest BCUT2D eigenvalue weighted by atomic mass is 79.9. The molecule has 0 fully saturated rings. The number of nitrogen functional groups attached to an aromatic ring is 1. The Balaban J connectivity index is 2.66. The van der Waals surface area contributed by atoms with Gasteiger partial charge in [0, 0.05) is 10.0 Å². The lowest BCUT2D eigenvalue weighted by Crippen LogP contribution is -2.00. The summed E-state index contributed by atoms with van der Waals surface area (Å²) in [5.74, 6) is -1.39. The summed E-state index contributed by atoms with van der Waals surface area (Å²) in [4.78, 5) is 7.15. The summed E-state index contributed by atoms with van der Waals surface area (Å²) in [6.45, 7) is 0. The van der Waals surface area contributed by atoms with Crippen molar-refractivity contribution in [2.75, 3.05) is 5.73 Å². The third kappa shape index (κ3) is 2.01. The molecule has 0 spiro atoms. The molecule has 0 amide bonds. The first-order chi connectivity index (χ1) is 7.58. The largest absolute Gasteiger partial charge is 0.368 e. The Labute approximate surface area is 98.5 Å². The molecular formula is C10H6BrF2N3. The van der Waals surface area contributed by atoms with Gasteiger partial charge in [0.05, 0.1) is 6.20 Å². The van der Waals surface area contributed by atoms with Crippen LogP contribution in [0.15, 0.2) is 28.9 Å². The molecule has 0 aliphatic heterocycles. The molecule has 1 aromatic heterocycles. The highest BCUT2D eigenvalue weighted by molar-refractivity contribution is 9.10. The summed E-state index contributed by atoms with van der Waals surface area (Å²) in [5, 5.41) is 0. The molecule has 2 N–H and O–H groups in total. The van der Waals surface area contributed by atoms with Gasteiger partial charge in [0.2, 0.25) is 5.95 Å². The van der Waals surface area contributed by atoms with Crippen LogP contribution in [0.4, 0.5) is 14.7 Å². The minimum Gasteiger partial charge on any atom is -0.368 e. The van der Waals surface area contributed by atoms with Crippen molar-refractivity contribution in [1.82, 2.24) is 9.97 Å². The van der Waals surface area contributed by atoms with Crippen molar-refractivity contribution in [3.05, 3.63) is 40.5 Å². The van der Waals surface area contributed by atoms with Crippen molar-refractivity contribution < 1.29 is 8.78 Å². The second-order valence-corrected chi connectivity index (χ2v) is 3.96. The number of halogens is 3. The second kappa shape index (κ2) is 4.13. The summed E-state index contributed by atoms with van der Waals surface area (Å²) >= 11 is 3.17. The molecule has 0 aliphatic rings. The van der Waals surface area contributed by atoms with Gasteiger partial charge in [-0.15, -0.1) is 0 Å². The van der Waals surface area contributed by atoms with Crippen LogP contribution >= 0.6 is 15.9 Å². The van der Waals surface area contributed by atoms with Crippen LogP contribution in [0.5, 0.6) is 0 Å². The van der Waals surface area contributed by atoms with Gasteiger partial charge in [-0.3, -0.25) is 0 Å². The highest BCUT2D eigenvalue weighted by Gasteiger charge is 2.13. The van der Waals surface area contributed by atoms with Gasteiger partial charge >= 0.3 is 0 Å². The number of hydrogen-bond acceptors (Lipinski definition) is 3. The molecule has 0 atom stereocenters. The lowest BCUT2D eigenvalue weighted by atomic mass is 10.1. The van der Waals surface area contributed by atoms with E-state index in [1.54, 1.807) is 0 Å². The first-order valence-electron chi connectivity index (χ1n) is 4.31. The van der Waals surface area contributed by atoms with E-state index < -0.39 is 11.6 Å². The topological polar surface area (TPSA) is 51.8 Å². The Morgan fingerprint density at radius 1 is 1.19 bits per heavy atom. The normalized spacial score (nSPS) is 10.4. The van der Waals surface area contributed by atoms with E-state index >= 15 is 0 Å². The van der Waals surface area contributed by atoms with Gasteiger partial charge in [0.15, 0.2) is 5.82 Å². The van der Waals surface area contributed by atoms with Crippen molar-refractivity contribution >= 4 is 21.9 Å². The number of hydrogen-bond donors (Lipinski definition) is 1. The fourth-order valence-corrected chi connectivity index (χ4v) is 1.61. The first-order valence-corrected chi connectivity index (χ1v) is 5.10. The molecule has 16 heavy (non-hydrogen) atoms. The van der Waals surface area contributed by atoms with Gasteiger partial charge < -0.3 is 5.73 Å². The van der Waals surface area contributed by atoms with Gasteiger partial charge in [0.1, 0.15) is 11.5 Å². The van der Waals surface area contributed by atoms with Gasteiger partial charge in [-0.1, -0.05) is 15.9 Å². The summed E-state index contributed by atoms with van der Waals surface area (Å²) in [7, 11) is 0. The zero-order valence-corrected chi connectivity index (χ0v) is 9.50. The van der Waals surface area contributed by atoms with Crippen LogP contribution in [0.2, 0.25) is 0 Å². The lowest BCUT2D eigenvalue weighted by Gasteiger charge is -2.04. The van der Waals surface area contributed by atoms with Gasteiger partial charge in [-0.05, 0) is 18.2 Å². The Bertz CT molecular complexity index is 496. The molecule has 1 heterocycles. The molecule has 0 unspecified atom stereocenters. The molecule has 0 saturated heterocycles. The van der Waals surface area contributed by atoms with E-state index in [2.05, 4.69) is 25.9 Å². The molecule has 0 radical (unpaired) electrons. The predicted octanol–water partition coefficient (Wildman–Crippen LogP) is 2.77. The van der Waals surface area contributed by atoms with Crippen molar-refractivity contribution in [1.29, 1.82) is 0 Å². The quantitative estimate of drug-likeness (QED) is 0.877. The van der Waals surface area contributed by atoms with Crippen LogP contribution in [0.25, 0.3) is 11.3 Å². The molecule has 0 aliphatic carbocycles. The van der Waals surface area contributed by atoms with E-state index in [-0.39, 0.29) is 17.2 Å². The van der Waals surface area contributed by atoms with E-state index in [4.69, 9.17) is 5.73 Å². The van der Waals surface area contributed by atoms with Crippen molar-refractivity contribution in [2.45, 2.75) is 0 Å². The molecule has 2 rings (SSSR count). The maximum Gasteiger partial charge on any atom is 0.220 e. The molecule has 0 saturated carbocycles. The van der Waals surface area contributed by atoms with Gasteiger partial charge in [0.25, 0.3) is 0 Å². The van der Waals surface area contributed by atoms with E-state index in [9.17, 15) is 8.78 Å². The van der Waals surface area contributed by atoms with Crippen molar-refractivity contribution in [3.63, 3.8) is 0 Å². The average molecular weight is 286 g/mol. The predicted molar refractivity (Wildman–Crippen MR) is 59.5 cm³/mol. The van der Waals surface area contributed by atoms with Crippen LogP contribution in [0.1, 0.15) is 0 Å². The SMILES string of the molecule is Nc1ncc(F)c(-c2cc(Br)ccc2F)n1. The maximum absolute atomic E-state index is 13.5. The van der Waals surface area contributed by atoms with Crippen molar-refractivity contribution in [3.8, 4) is 11.3 Å². The molecule has 0 bridgehead atoms. The molecule has 2 aromatic rings. The van der Waals surface area contributed by atoms with Crippen LogP contribution in [-0.4, -0.2) is 9.97 Å². The highest BCUT2D eigenvalue weighted by Crippen LogP contribution is 2.26. The summed E-state index contributed by atoms with van der Waals surface area (Å²) in [6, 6.07) is 4.17. The Hall–Kier alpha value is -1.56. The number of nitrogens with two attached hydrogens (primary N) is 1. The van der Waals surface area contributed by atoms with Crippen molar-refractivity contribution in [2.24, 2.45) is 0 Å². The molecule has 6 heteroatoms. The molecular weight excluding hydrogens is 280 g/mol. The fraction of sp³-hybridized carbons (Fsp3) is 0. The standard InChI is InChI=1S/C10H6BrF2N3/c11-5-1-2-7(12)6(3-5)9-8(13)4-15-10(14)16-9/h1-4H,(H2,14,15,16). The third-order valence-corrected chi connectivity index (χ3v) is 2.44. The van der Waals surface area contributed by atoms with Gasteiger partial charge in [-0.25, -0.2) is 18.7 Å². The Morgan fingerprint density at radius 3 is 2.69 bits per heavy atom. The fourth-order valence-electron chi connectivity index (χ4n) is 1.25. The minimum absolute atomic E-state index is 0.0426. The lowest BCUT2D eigenvalue weighted by molar-refractivity contribution is 0.607. The van der Waals surface area contributed by atoms with E-state index in [1.165, 1.54) is 18.2 Å². The van der Waals surface area contributed by atoms with E-state index in [0.717, 1.165) is 6.20 Å². The van der Waals surface area contributed by atoms with E-state index in [1.807, 2.05) is 0 Å². The first kappa shape index (κ1) is 10.9. The number of anilines is 1. The monoisotopic (exact) mass is 285 g/mol. The van der Waals surface area contributed by atoms with Gasteiger partial charge in [-0.2, -0.15) is 0 Å². The number of nitrogens with zero attached hydrogens (tertiary/aromatic N) is 2. The zero-order chi connectivity index (χ0) is 11.7. The zero-order valence-electron chi connectivity index (χ0n) is 7.92. The maximum atomic E-state index is 13.5. The van der Waals surface area contributed by atoms with Crippen LogP contribution in [0, 0.1) is 11.6 Å². The smallest absolute Gasteiger partial charge is 0.220 e. The molecule has 1 aromatic carbocycles. The van der Waals surface area contributed by atoms with Crippen LogP contribution < -0.4 is 5.73 Å². The molecule has 3 nitrogen and oxygen atoms in total. The van der Waals surface area contributed by atoms with Crippen LogP contribution in [0.3, 0.4) is 0 Å². The minimum atomic E-state index is -0.716. The van der Waals surface area contributed by atoms with E-state index in [0.29, 0.717) is 4.47 Å². The Morgan fingerprint density at radius 2 is 1.94 bits per heavy atom. The number of rotatable bonds is 1. The average Bonchev–Trinajstić information content (AvgIpc) is 2.25. The third-order valence-electron chi connectivity index (χ3n) is 1.95. The Kier molecular flexibility index (Phi) is 2.82. The summed E-state index contributed by atoms with van der Waals surface area (Å²) in [6.07, 6.45) is 0.915. The number of aromatic nitrogens is 2. The second-order valence-electron chi connectivity index (χ2n) is 3.05. The van der Waals surface area contributed by atoms with Crippen LogP contribution in [-0.2, 0) is 0 Å².